The van der Waals surface area contributed by atoms with Crippen LogP contribution in [0.25, 0.3) is 17.1 Å². The molecular weight excluding hydrogens is 475 g/mol. The average molecular weight is 497 g/mol. The second kappa shape index (κ2) is 10.00. The van der Waals surface area contributed by atoms with E-state index in [9.17, 15) is 4.79 Å². The Bertz CT molecular complexity index is 1300. The summed E-state index contributed by atoms with van der Waals surface area (Å²) in [5.74, 6) is 0.664. The van der Waals surface area contributed by atoms with Gasteiger partial charge >= 0.3 is 0 Å². The van der Waals surface area contributed by atoms with Gasteiger partial charge in [-0.2, -0.15) is 0 Å². The van der Waals surface area contributed by atoms with E-state index in [1.807, 2.05) is 61.7 Å². The standard InChI is InChI=1S/C25H22Cl2N4OS/c1-15-12-16(2)23(17(3)13-15)28-22(32)14-33-25-30-29-24(20-6-4-5-7-21(20)27)31(25)19-10-8-18(26)9-11-19/h4-13H,14H2,1-3H3,(H,28,32). The number of nitrogens with one attached hydrogen (secondary N) is 1. The maximum atomic E-state index is 12.8. The Kier molecular flexibility index (Phi) is 7.08. The summed E-state index contributed by atoms with van der Waals surface area (Å²) in [4.78, 5) is 12.8. The van der Waals surface area contributed by atoms with E-state index < -0.39 is 0 Å². The summed E-state index contributed by atoms with van der Waals surface area (Å²) in [7, 11) is 0. The van der Waals surface area contributed by atoms with Gasteiger partial charge in [-0.05, 0) is 68.3 Å². The SMILES string of the molecule is Cc1cc(C)c(NC(=O)CSc2nnc(-c3ccccc3Cl)n2-c2ccc(Cl)cc2)c(C)c1. The highest BCUT2D eigenvalue weighted by Crippen LogP contribution is 2.32. The highest BCUT2D eigenvalue weighted by atomic mass is 35.5. The van der Waals surface area contributed by atoms with E-state index in [-0.39, 0.29) is 11.7 Å². The molecule has 1 N–H and O–H groups in total. The molecule has 0 spiro atoms. The second-order valence-electron chi connectivity index (χ2n) is 7.71. The first-order valence-corrected chi connectivity index (χ1v) is 12.0. The zero-order valence-corrected chi connectivity index (χ0v) is 20.7. The van der Waals surface area contributed by atoms with Crippen LogP contribution in [-0.2, 0) is 4.79 Å². The summed E-state index contributed by atoms with van der Waals surface area (Å²) in [6.45, 7) is 6.03. The lowest BCUT2D eigenvalue weighted by atomic mass is 10.1. The minimum atomic E-state index is -0.111. The van der Waals surface area contributed by atoms with Crippen molar-refractivity contribution in [2.75, 3.05) is 11.1 Å². The number of nitrogens with zero attached hydrogens (tertiary/aromatic N) is 3. The number of hydrogen-bond donors (Lipinski definition) is 1. The lowest BCUT2D eigenvalue weighted by molar-refractivity contribution is -0.113. The van der Waals surface area contributed by atoms with Crippen LogP contribution in [0.4, 0.5) is 5.69 Å². The van der Waals surface area contributed by atoms with Gasteiger partial charge < -0.3 is 5.32 Å². The fourth-order valence-electron chi connectivity index (χ4n) is 3.69. The number of carbonyl (C=O) groups is 1. The van der Waals surface area contributed by atoms with Gasteiger partial charge in [0.15, 0.2) is 11.0 Å². The van der Waals surface area contributed by atoms with Gasteiger partial charge in [-0.25, -0.2) is 0 Å². The molecule has 4 rings (SSSR count). The number of aromatic nitrogens is 3. The smallest absolute Gasteiger partial charge is 0.234 e. The number of thioether (sulfide) groups is 1. The molecule has 0 aliphatic rings. The Morgan fingerprint density at radius 3 is 2.30 bits per heavy atom. The first kappa shape index (κ1) is 23.4. The van der Waals surface area contributed by atoms with Crippen LogP contribution in [0.2, 0.25) is 10.0 Å². The quantitative estimate of drug-likeness (QED) is 0.295. The summed E-state index contributed by atoms with van der Waals surface area (Å²) >= 11 is 13.8. The number of aryl methyl sites for hydroxylation is 3. The van der Waals surface area contributed by atoms with Gasteiger partial charge in [-0.3, -0.25) is 9.36 Å². The van der Waals surface area contributed by atoms with E-state index in [1.165, 1.54) is 17.3 Å². The van der Waals surface area contributed by atoms with Crippen LogP contribution in [0.1, 0.15) is 16.7 Å². The fourth-order valence-corrected chi connectivity index (χ4v) is 4.78. The van der Waals surface area contributed by atoms with Gasteiger partial charge in [-0.15, -0.1) is 10.2 Å². The van der Waals surface area contributed by atoms with Gasteiger partial charge in [0.25, 0.3) is 0 Å². The number of anilines is 1. The van der Waals surface area contributed by atoms with Crippen LogP contribution >= 0.6 is 35.0 Å². The highest BCUT2D eigenvalue weighted by molar-refractivity contribution is 7.99. The molecule has 168 valence electrons. The molecule has 33 heavy (non-hydrogen) atoms. The number of halogens is 2. The van der Waals surface area contributed by atoms with Gasteiger partial charge in [0, 0.05) is 22.0 Å². The monoisotopic (exact) mass is 496 g/mol. The topological polar surface area (TPSA) is 59.8 Å². The van der Waals surface area contributed by atoms with Crippen LogP contribution in [-0.4, -0.2) is 26.4 Å². The summed E-state index contributed by atoms with van der Waals surface area (Å²) in [5.41, 5.74) is 5.67. The molecule has 0 saturated heterocycles. The fraction of sp³-hybridized carbons (Fsp3) is 0.160. The predicted molar refractivity (Wildman–Crippen MR) is 137 cm³/mol. The number of hydrogen-bond acceptors (Lipinski definition) is 4. The van der Waals surface area contributed by atoms with Crippen molar-refractivity contribution in [2.24, 2.45) is 0 Å². The molecule has 0 aliphatic heterocycles. The zero-order chi connectivity index (χ0) is 23.5. The number of rotatable bonds is 6. The van der Waals surface area contributed by atoms with E-state index >= 15 is 0 Å². The van der Waals surface area contributed by atoms with E-state index in [4.69, 9.17) is 23.2 Å². The van der Waals surface area contributed by atoms with Crippen LogP contribution in [0.15, 0.2) is 65.8 Å². The molecule has 8 heteroatoms. The van der Waals surface area contributed by atoms with Crippen molar-refractivity contribution in [2.45, 2.75) is 25.9 Å². The lowest BCUT2D eigenvalue weighted by Crippen LogP contribution is -2.16. The van der Waals surface area contributed by atoms with Crippen molar-refractivity contribution in [3.63, 3.8) is 0 Å². The molecule has 1 aromatic heterocycles. The van der Waals surface area contributed by atoms with Crippen molar-refractivity contribution >= 4 is 46.6 Å². The minimum Gasteiger partial charge on any atom is -0.325 e. The van der Waals surface area contributed by atoms with Crippen molar-refractivity contribution in [3.8, 4) is 17.1 Å². The van der Waals surface area contributed by atoms with Crippen molar-refractivity contribution < 1.29 is 4.79 Å². The molecule has 1 amide bonds. The maximum absolute atomic E-state index is 12.8. The molecule has 3 aromatic carbocycles. The second-order valence-corrected chi connectivity index (χ2v) is 9.49. The van der Waals surface area contributed by atoms with E-state index in [2.05, 4.69) is 27.6 Å². The van der Waals surface area contributed by atoms with Crippen molar-refractivity contribution in [1.29, 1.82) is 0 Å². The summed E-state index contributed by atoms with van der Waals surface area (Å²) in [6.07, 6.45) is 0. The van der Waals surface area contributed by atoms with Crippen LogP contribution < -0.4 is 5.32 Å². The Hall–Kier alpha value is -2.80. The number of amides is 1. The van der Waals surface area contributed by atoms with Crippen molar-refractivity contribution in [3.05, 3.63) is 87.4 Å². The van der Waals surface area contributed by atoms with E-state index in [0.717, 1.165) is 28.1 Å². The first-order chi connectivity index (χ1) is 15.8. The molecule has 0 saturated carbocycles. The van der Waals surface area contributed by atoms with Gasteiger partial charge in [0.1, 0.15) is 0 Å². The summed E-state index contributed by atoms with van der Waals surface area (Å²) < 4.78 is 1.89. The summed E-state index contributed by atoms with van der Waals surface area (Å²) in [6, 6.07) is 19.0. The van der Waals surface area contributed by atoms with Gasteiger partial charge in [0.2, 0.25) is 5.91 Å². The Labute approximate surface area is 207 Å². The zero-order valence-electron chi connectivity index (χ0n) is 18.4. The number of benzene rings is 3. The molecule has 4 aromatic rings. The van der Waals surface area contributed by atoms with Gasteiger partial charge in [-0.1, -0.05) is 64.8 Å². The van der Waals surface area contributed by atoms with Crippen LogP contribution in [0, 0.1) is 20.8 Å². The molecule has 0 atom stereocenters. The highest BCUT2D eigenvalue weighted by Gasteiger charge is 2.19. The van der Waals surface area contributed by atoms with Crippen LogP contribution in [0.5, 0.6) is 0 Å². The molecule has 0 radical (unpaired) electrons. The first-order valence-electron chi connectivity index (χ1n) is 10.3. The van der Waals surface area contributed by atoms with Crippen LogP contribution in [0.3, 0.4) is 0 Å². The largest absolute Gasteiger partial charge is 0.325 e. The molecule has 0 aliphatic carbocycles. The van der Waals surface area contributed by atoms with E-state index in [1.54, 1.807) is 12.1 Å². The van der Waals surface area contributed by atoms with E-state index in [0.29, 0.717) is 21.0 Å². The molecule has 0 unspecified atom stereocenters. The molecule has 5 nitrogen and oxygen atoms in total. The molecular formula is C25H22Cl2N4OS. The summed E-state index contributed by atoms with van der Waals surface area (Å²) in [5, 5.41) is 13.6. The predicted octanol–water partition coefficient (Wildman–Crippen LogP) is 6.90. The Balaban J connectivity index is 1.62. The maximum Gasteiger partial charge on any atom is 0.234 e. The minimum absolute atomic E-state index is 0.111. The third-order valence-electron chi connectivity index (χ3n) is 5.11. The number of carbonyl (C=O) groups excluding carboxylic acids is 1. The third-order valence-corrected chi connectivity index (χ3v) is 6.62. The van der Waals surface area contributed by atoms with Gasteiger partial charge in [0.05, 0.1) is 10.8 Å². The Morgan fingerprint density at radius 1 is 0.970 bits per heavy atom. The Morgan fingerprint density at radius 2 is 1.64 bits per heavy atom. The average Bonchev–Trinajstić information content (AvgIpc) is 3.19. The normalized spacial score (nSPS) is 10.9. The molecule has 0 fully saturated rings. The third kappa shape index (κ3) is 5.24. The molecule has 0 bridgehead atoms. The molecule has 1 heterocycles. The van der Waals surface area contributed by atoms with Crippen molar-refractivity contribution in [1.82, 2.24) is 14.8 Å². The lowest BCUT2D eigenvalue weighted by Gasteiger charge is -2.13.